The molecule has 1 unspecified atom stereocenters. The Hall–Kier alpha value is -1.40. The van der Waals surface area contributed by atoms with Crippen LogP contribution in [0.3, 0.4) is 0 Å². The van der Waals surface area contributed by atoms with Crippen molar-refractivity contribution in [2.24, 2.45) is 5.92 Å². The summed E-state index contributed by atoms with van der Waals surface area (Å²) in [5.41, 5.74) is 1.05. The number of benzene rings is 1. The number of aryl methyl sites for hydroxylation is 1. The van der Waals surface area contributed by atoms with Gasteiger partial charge in [-0.05, 0) is 50.3 Å². The minimum absolute atomic E-state index is 0.131. The van der Waals surface area contributed by atoms with Gasteiger partial charge in [0, 0.05) is 24.7 Å². The third-order valence-corrected chi connectivity index (χ3v) is 6.65. The molecule has 1 N–H and O–H groups in total. The zero-order valence-corrected chi connectivity index (χ0v) is 15.1. The lowest BCUT2D eigenvalue weighted by Crippen LogP contribution is -2.34. The molecule has 0 aliphatic heterocycles. The van der Waals surface area contributed by atoms with Crippen LogP contribution in [0.15, 0.2) is 23.1 Å². The van der Waals surface area contributed by atoms with Gasteiger partial charge in [-0.3, -0.25) is 4.79 Å². The molecule has 23 heavy (non-hydrogen) atoms. The van der Waals surface area contributed by atoms with Gasteiger partial charge in [0.2, 0.25) is 10.0 Å². The second-order valence-corrected chi connectivity index (χ2v) is 8.08. The highest BCUT2D eigenvalue weighted by atomic mass is 32.2. The van der Waals surface area contributed by atoms with Gasteiger partial charge < -0.3 is 5.32 Å². The molecule has 0 bridgehead atoms. The first kappa shape index (κ1) is 17.9. The maximum absolute atomic E-state index is 12.7. The summed E-state index contributed by atoms with van der Waals surface area (Å²) >= 11 is 0. The zero-order valence-electron chi connectivity index (χ0n) is 14.3. The quantitative estimate of drug-likeness (QED) is 0.831. The molecule has 1 amide bonds. The predicted octanol–water partition coefficient (Wildman–Crippen LogP) is 2.55. The first-order valence-electron chi connectivity index (χ1n) is 8.22. The Labute approximate surface area is 139 Å². The van der Waals surface area contributed by atoms with Crippen molar-refractivity contribution in [3.05, 3.63) is 29.3 Å². The van der Waals surface area contributed by atoms with E-state index >= 15 is 0 Å². The molecule has 2 rings (SSSR count). The first-order chi connectivity index (χ1) is 10.8. The van der Waals surface area contributed by atoms with Crippen LogP contribution in [0.5, 0.6) is 0 Å². The van der Waals surface area contributed by atoms with Crippen LogP contribution < -0.4 is 5.32 Å². The number of hydrogen-bond acceptors (Lipinski definition) is 3. The van der Waals surface area contributed by atoms with Crippen LogP contribution in [-0.2, 0) is 10.0 Å². The van der Waals surface area contributed by atoms with E-state index < -0.39 is 10.0 Å². The van der Waals surface area contributed by atoms with Crippen LogP contribution in [0.25, 0.3) is 0 Å². The SMILES string of the molecule is CCN(CC)S(=O)(=O)c1cc(C(=O)NC(C)C2CC2)ccc1C. The van der Waals surface area contributed by atoms with Crippen molar-refractivity contribution in [2.75, 3.05) is 13.1 Å². The molecule has 5 nitrogen and oxygen atoms in total. The van der Waals surface area contributed by atoms with Crippen molar-refractivity contribution in [1.82, 2.24) is 9.62 Å². The van der Waals surface area contributed by atoms with Crippen molar-refractivity contribution in [3.8, 4) is 0 Å². The average molecular weight is 338 g/mol. The molecule has 0 radical (unpaired) electrons. The Morgan fingerprint density at radius 2 is 1.91 bits per heavy atom. The van der Waals surface area contributed by atoms with Crippen molar-refractivity contribution in [2.45, 2.75) is 51.5 Å². The molecular weight excluding hydrogens is 312 g/mol. The summed E-state index contributed by atoms with van der Waals surface area (Å²) in [6, 6.07) is 5.02. The molecule has 6 heteroatoms. The third-order valence-electron chi connectivity index (χ3n) is 4.46. The van der Waals surface area contributed by atoms with Gasteiger partial charge in [-0.1, -0.05) is 19.9 Å². The number of nitrogens with zero attached hydrogens (tertiary/aromatic N) is 1. The van der Waals surface area contributed by atoms with Gasteiger partial charge in [-0.15, -0.1) is 0 Å². The third kappa shape index (κ3) is 3.93. The van der Waals surface area contributed by atoms with Crippen molar-refractivity contribution in [3.63, 3.8) is 0 Å². The highest BCUT2D eigenvalue weighted by Crippen LogP contribution is 2.32. The van der Waals surface area contributed by atoms with E-state index in [9.17, 15) is 13.2 Å². The molecule has 1 aromatic carbocycles. The Balaban J connectivity index is 2.29. The Morgan fingerprint density at radius 1 is 1.30 bits per heavy atom. The molecule has 128 valence electrons. The summed E-state index contributed by atoms with van der Waals surface area (Å²) in [4.78, 5) is 12.6. The second-order valence-electron chi connectivity index (χ2n) is 6.17. The number of hydrogen-bond donors (Lipinski definition) is 1. The summed E-state index contributed by atoms with van der Waals surface area (Å²) < 4.78 is 26.9. The molecule has 0 saturated heterocycles. The lowest BCUT2D eigenvalue weighted by Gasteiger charge is -2.20. The Bertz CT molecular complexity index is 677. The smallest absolute Gasteiger partial charge is 0.251 e. The van der Waals surface area contributed by atoms with E-state index in [0.717, 1.165) is 12.8 Å². The molecule has 1 aromatic rings. The number of sulfonamides is 1. The van der Waals surface area contributed by atoms with Gasteiger partial charge in [0.25, 0.3) is 5.91 Å². The number of rotatable bonds is 7. The summed E-state index contributed by atoms with van der Waals surface area (Å²) in [7, 11) is -3.57. The maximum Gasteiger partial charge on any atom is 0.251 e. The molecular formula is C17H26N2O3S. The lowest BCUT2D eigenvalue weighted by atomic mass is 10.1. The molecule has 1 aliphatic carbocycles. The zero-order chi connectivity index (χ0) is 17.2. The van der Waals surface area contributed by atoms with E-state index in [-0.39, 0.29) is 16.8 Å². The van der Waals surface area contributed by atoms with E-state index in [1.165, 1.54) is 10.4 Å². The molecule has 1 saturated carbocycles. The molecule has 1 atom stereocenters. The summed E-state index contributed by atoms with van der Waals surface area (Å²) in [5, 5.41) is 2.97. The minimum atomic E-state index is -3.57. The van der Waals surface area contributed by atoms with E-state index in [4.69, 9.17) is 0 Å². The number of nitrogens with one attached hydrogen (secondary N) is 1. The van der Waals surface area contributed by atoms with Crippen LogP contribution in [0.4, 0.5) is 0 Å². The average Bonchev–Trinajstić information content (AvgIpc) is 3.32. The van der Waals surface area contributed by atoms with Gasteiger partial charge >= 0.3 is 0 Å². The van der Waals surface area contributed by atoms with E-state index in [2.05, 4.69) is 5.32 Å². The molecule has 0 heterocycles. The highest BCUT2D eigenvalue weighted by Gasteiger charge is 2.30. The number of carbonyl (C=O) groups is 1. The van der Waals surface area contributed by atoms with Crippen LogP contribution in [0.1, 0.15) is 49.5 Å². The summed E-state index contributed by atoms with van der Waals surface area (Å²) in [5.74, 6) is 0.351. The Morgan fingerprint density at radius 3 is 2.43 bits per heavy atom. The summed E-state index contributed by atoms with van der Waals surface area (Å²) in [6.45, 7) is 8.19. The second kappa shape index (κ2) is 7.01. The monoisotopic (exact) mass is 338 g/mol. The predicted molar refractivity (Wildman–Crippen MR) is 90.9 cm³/mol. The van der Waals surface area contributed by atoms with E-state index in [0.29, 0.717) is 30.1 Å². The van der Waals surface area contributed by atoms with Crippen LogP contribution in [0.2, 0.25) is 0 Å². The first-order valence-corrected chi connectivity index (χ1v) is 9.66. The van der Waals surface area contributed by atoms with E-state index in [1.54, 1.807) is 19.1 Å². The van der Waals surface area contributed by atoms with Gasteiger partial charge in [0.05, 0.1) is 4.90 Å². The molecule has 1 aliphatic rings. The van der Waals surface area contributed by atoms with E-state index in [1.807, 2.05) is 20.8 Å². The normalized spacial score (nSPS) is 16.4. The van der Waals surface area contributed by atoms with Gasteiger partial charge in [0.15, 0.2) is 0 Å². The maximum atomic E-state index is 12.7. The summed E-state index contributed by atoms with van der Waals surface area (Å²) in [6.07, 6.45) is 2.30. The number of carbonyl (C=O) groups excluding carboxylic acids is 1. The fourth-order valence-corrected chi connectivity index (χ4v) is 4.43. The Kier molecular flexibility index (Phi) is 5.47. The molecule has 1 fully saturated rings. The van der Waals surface area contributed by atoms with Gasteiger partial charge in [0.1, 0.15) is 0 Å². The van der Waals surface area contributed by atoms with Crippen molar-refractivity contribution >= 4 is 15.9 Å². The topological polar surface area (TPSA) is 66.5 Å². The van der Waals surface area contributed by atoms with Crippen molar-refractivity contribution in [1.29, 1.82) is 0 Å². The van der Waals surface area contributed by atoms with Crippen LogP contribution in [0, 0.1) is 12.8 Å². The fraction of sp³-hybridized carbons (Fsp3) is 0.588. The fourth-order valence-electron chi connectivity index (χ4n) is 2.73. The van der Waals surface area contributed by atoms with Crippen LogP contribution in [-0.4, -0.2) is 37.8 Å². The number of amides is 1. The standard InChI is InChI=1S/C17H26N2O3S/c1-5-19(6-2)23(21,22)16-11-15(8-7-12(16)3)17(20)18-13(4)14-9-10-14/h7-8,11,13-14H,5-6,9-10H2,1-4H3,(H,18,20). The lowest BCUT2D eigenvalue weighted by molar-refractivity contribution is 0.0935. The minimum Gasteiger partial charge on any atom is -0.349 e. The largest absolute Gasteiger partial charge is 0.349 e. The van der Waals surface area contributed by atoms with Crippen molar-refractivity contribution < 1.29 is 13.2 Å². The molecule has 0 spiro atoms. The van der Waals surface area contributed by atoms with Gasteiger partial charge in [-0.2, -0.15) is 4.31 Å². The highest BCUT2D eigenvalue weighted by molar-refractivity contribution is 7.89. The van der Waals surface area contributed by atoms with Gasteiger partial charge in [-0.25, -0.2) is 8.42 Å². The molecule has 0 aromatic heterocycles. The van der Waals surface area contributed by atoms with Crippen LogP contribution >= 0.6 is 0 Å².